The third-order valence-electron chi connectivity index (χ3n) is 11.8. The highest BCUT2D eigenvalue weighted by molar-refractivity contribution is 6.38. The molecular formula is C42H58ClN3O7. The van der Waals surface area contributed by atoms with E-state index < -0.39 is 52.4 Å². The molecule has 3 fully saturated rings. The summed E-state index contributed by atoms with van der Waals surface area (Å²) < 4.78 is 0. The van der Waals surface area contributed by atoms with E-state index in [1.165, 1.54) is 4.90 Å². The van der Waals surface area contributed by atoms with Gasteiger partial charge in [0.2, 0.25) is 17.6 Å². The Morgan fingerprint density at radius 1 is 1.02 bits per heavy atom. The molecule has 5 atom stereocenters. The van der Waals surface area contributed by atoms with Gasteiger partial charge in [-0.1, -0.05) is 89.2 Å². The molecule has 0 radical (unpaired) electrons. The van der Waals surface area contributed by atoms with Gasteiger partial charge in [0.05, 0.1) is 18.3 Å². The summed E-state index contributed by atoms with van der Waals surface area (Å²) in [5.74, 6) is -2.94. The largest absolute Gasteiger partial charge is 0.387 e. The summed E-state index contributed by atoms with van der Waals surface area (Å²) in [7, 11) is 0. The van der Waals surface area contributed by atoms with Crippen molar-refractivity contribution < 1.29 is 33.6 Å². The van der Waals surface area contributed by atoms with Crippen LogP contribution >= 0.6 is 11.6 Å². The first kappa shape index (κ1) is 40.8. The van der Waals surface area contributed by atoms with E-state index in [0.29, 0.717) is 36.4 Å². The van der Waals surface area contributed by atoms with E-state index in [1.807, 2.05) is 39.8 Å². The normalized spacial score (nSPS) is 23.5. The average Bonchev–Trinajstić information content (AvgIpc) is 3.72. The molecule has 2 aliphatic carbocycles. The van der Waals surface area contributed by atoms with Crippen LogP contribution in [0.25, 0.3) is 0 Å². The molecule has 5 rings (SSSR count). The Morgan fingerprint density at radius 3 is 2.36 bits per heavy atom. The number of amides is 2. The molecule has 2 aliphatic heterocycles. The van der Waals surface area contributed by atoms with Crippen molar-refractivity contribution in [3.63, 3.8) is 0 Å². The van der Waals surface area contributed by atoms with Gasteiger partial charge in [0, 0.05) is 60.9 Å². The third kappa shape index (κ3) is 10.2. The van der Waals surface area contributed by atoms with Crippen LogP contribution in [-0.2, 0) is 33.6 Å². The number of rotatable bonds is 17. The molecule has 2 heterocycles. The van der Waals surface area contributed by atoms with E-state index in [9.17, 15) is 28.8 Å². The van der Waals surface area contributed by atoms with Crippen molar-refractivity contribution in [2.45, 2.75) is 149 Å². The lowest BCUT2D eigenvalue weighted by Gasteiger charge is -2.37. The molecule has 11 heteroatoms. The van der Waals surface area contributed by atoms with E-state index in [2.05, 4.69) is 10.5 Å². The smallest absolute Gasteiger partial charge is 0.246 e. The van der Waals surface area contributed by atoms with Crippen molar-refractivity contribution in [3.05, 3.63) is 34.9 Å². The Hall–Kier alpha value is -3.40. The monoisotopic (exact) mass is 751 g/mol. The molecule has 0 bridgehead atoms. The van der Waals surface area contributed by atoms with Crippen LogP contribution in [0.4, 0.5) is 0 Å². The predicted octanol–water partition coefficient (Wildman–Crippen LogP) is 7.21. The Bertz CT molecular complexity index is 1590. The molecule has 4 aliphatic rings. The second-order valence-electron chi connectivity index (χ2n) is 17.2. The summed E-state index contributed by atoms with van der Waals surface area (Å²) in [5, 5.41) is 8.03. The minimum absolute atomic E-state index is 0.0159. The minimum Gasteiger partial charge on any atom is -0.387 e. The summed E-state index contributed by atoms with van der Waals surface area (Å²) in [4.78, 5) is 90.1. The SMILES string of the molecule is CCC[C@H](CC(=O)[C@@H]1C[C@]2(CC(c3cccc(Cl)c3)=NO2)CN1C(=O)[C@@H](NC(=O)[C@@H](CC(=O)CC)C1CCCCC1)C(C)(C)C)C(=O)C(=O)CC1CC1. The lowest BCUT2D eigenvalue weighted by Crippen LogP contribution is -2.58. The standard InChI is InChI=1S/C42H58ClN3O7/c1-6-12-29(37(50)36(49)19-26-17-18-26)21-35(48)34-24-42(23-33(45-53-42)28-15-11-16-30(43)20-28)25-46(34)40(52)38(41(3,4)5)44-39(51)32(22-31(47)7-2)27-13-9-8-10-14-27/h11,15-16,20,26-27,29,32,34,38H,6-10,12-14,17-19,21-25H2,1-5H3,(H,44,51)/t29-,32+,34+,38-,42-/m1/s1. The number of benzene rings is 1. The zero-order valence-corrected chi connectivity index (χ0v) is 33.0. The van der Waals surface area contributed by atoms with Crippen LogP contribution in [0.2, 0.25) is 5.02 Å². The Morgan fingerprint density at radius 2 is 1.74 bits per heavy atom. The van der Waals surface area contributed by atoms with Crippen molar-refractivity contribution in [3.8, 4) is 0 Å². The van der Waals surface area contributed by atoms with Crippen LogP contribution in [0.5, 0.6) is 0 Å². The molecular weight excluding hydrogens is 694 g/mol. The van der Waals surface area contributed by atoms with Gasteiger partial charge >= 0.3 is 0 Å². The van der Waals surface area contributed by atoms with Crippen molar-refractivity contribution in [2.75, 3.05) is 6.54 Å². The summed E-state index contributed by atoms with van der Waals surface area (Å²) >= 11 is 6.29. The van der Waals surface area contributed by atoms with Crippen LogP contribution in [0.3, 0.4) is 0 Å². The summed E-state index contributed by atoms with van der Waals surface area (Å²) in [5.41, 5.74) is -0.337. The van der Waals surface area contributed by atoms with E-state index in [4.69, 9.17) is 16.4 Å². The zero-order chi connectivity index (χ0) is 38.5. The summed E-state index contributed by atoms with van der Waals surface area (Å²) in [6.07, 6.45) is 8.75. The molecule has 10 nitrogen and oxygen atoms in total. The third-order valence-corrected chi connectivity index (χ3v) is 12.0. The molecule has 2 amide bonds. The first-order chi connectivity index (χ1) is 25.1. The van der Waals surface area contributed by atoms with Gasteiger partial charge in [-0.05, 0) is 61.5 Å². The van der Waals surface area contributed by atoms with Gasteiger partial charge in [-0.3, -0.25) is 28.8 Å². The van der Waals surface area contributed by atoms with Gasteiger partial charge in [0.1, 0.15) is 11.8 Å². The van der Waals surface area contributed by atoms with Gasteiger partial charge in [0.25, 0.3) is 0 Å². The molecule has 0 aromatic heterocycles. The van der Waals surface area contributed by atoms with E-state index in [1.54, 1.807) is 19.1 Å². The van der Waals surface area contributed by atoms with Crippen molar-refractivity contribution in [2.24, 2.45) is 34.2 Å². The molecule has 1 aromatic rings. The molecule has 1 saturated heterocycles. The number of carbonyl (C=O) groups is 6. The topological polar surface area (TPSA) is 139 Å². The summed E-state index contributed by atoms with van der Waals surface area (Å²) in [6.45, 7) is 9.39. The number of ketones is 4. The van der Waals surface area contributed by atoms with E-state index in [0.717, 1.165) is 50.5 Å². The van der Waals surface area contributed by atoms with Crippen LogP contribution < -0.4 is 5.32 Å². The van der Waals surface area contributed by atoms with Crippen LogP contribution in [0, 0.1) is 29.1 Å². The molecule has 0 unspecified atom stereocenters. The van der Waals surface area contributed by atoms with Gasteiger partial charge in [-0.25, -0.2) is 0 Å². The highest BCUT2D eigenvalue weighted by atomic mass is 35.5. The summed E-state index contributed by atoms with van der Waals surface area (Å²) in [6, 6.07) is 5.29. The number of hydrogen-bond donors (Lipinski definition) is 1. The molecule has 1 aromatic carbocycles. The Balaban J connectivity index is 1.42. The minimum atomic E-state index is -1.01. The predicted molar refractivity (Wildman–Crippen MR) is 203 cm³/mol. The van der Waals surface area contributed by atoms with Gasteiger partial charge in [-0.15, -0.1) is 0 Å². The molecule has 2 saturated carbocycles. The molecule has 1 spiro atoms. The quantitative estimate of drug-likeness (QED) is 0.166. The number of oxime groups is 1. The molecule has 290 valence electrons. The van der Waals surface area contributed by atoms with E-state index in [-0.39, 0.29) is 61.5 Å². The second kappa shape index (κ2) is 17.4. The van der Waals surface area contributed by atoms with Crippen molar-refractivity contribution in [1.82, 2.24) is 10.2 Å². The van der Waals surface area contributed by atoms with Crippen LogP contribution in [0.15, 0.2) is 29.4 Å². The van der Waals surface area contributed by atoms with Crippen molar-refractivity contribution >= 4 is 52.3 Å². The fourth-order valence-corrected chi connectivity index (χ4v) is 8.62. The number of carbonyl (C=O) groups excluding carboxylic acids is 6. The lowest BCUT2D eigenvalue weighted by molar-refractivity contribution is -0.146. The first-order valence-electron chi connectivity index (χ1n) is 19.9. The van der Waals surface area contributed by atoms with Crippen LogP contribution in [0.1, 0.15) is 136 Å². The second-order valence-corrected chi connectivity index (χ2v) is 17.6. The molecule has 1 N–H and O–H groups in total. The number of likely N-dealkylation sites (tertiary alicyclic amines) is 1. The average molecular weight is 752 g/mol. The van der Waals surface area contributed by atoms with E-state index >= 15 is 0 Å². The zero-order valence-electron chi connectivity index (χ0n) is 32.2. The van der Waals surface area contributed by atoms with Gasteiger partial charge in [0.15, 0.2) is 17.2 Å². The van der Waals surface area contributed by atoms with Crippen molar-refractivity contribution in [1.29, 1.82) is 0 Å². The fraction of sp³-hybridized carbons (Fsp3) is 0.690. The molecule has 53 heavy (non-hydrogen) atoms. The van der Waals surface area contributed by atoms with Gasteiger partial charge < -0.3 is 15.1 Å². The lowest BCUT2D eigenvalue weighted by atomic mass is 9.76. The first-order valence-corrected chi connectivity index (χ1v) is 20.3. The Labute approximate surface area is 319 Å². The number of nitrogens with zero attached hydrogens (tertiary/aromatic N) is 2. The van der Waals surface area contributed by atoms with Crippen LogP contribution in [-0.4, -0.2) is 69.8 Å². The number of nitrogens with one attached hydrogen (secondary N) is 1. The highest BCUT2D eigenvalue weighted by Crippen LogP contribution is 2.42. The number of hydrogen-bond acceptors (Lipinski definition) is 8. The highest BCUT2D eigenvalue weighted by Gasteiger charge is 2.55. The number of halogens is 1. The fourth-order valence-electron chi connectivity index (χ4n) is 8.43. The van der Waals surface area contributed by atoms with Gasteiger partial charge in [-0.2, -0.15) is 0 Å². The number of Topliss-reactive ketones (excluding diaryl/α,β-unsaturated/α-hetero) is 4. The maximum Gasteiger partial charge on any atom is 0.246 e. The maximum atomic E-state index is 14.9. The maximum absolute atomic E-state index is 14.9. The Kier molecular flexibility index (Phi) is 13.4.